The van der Waals surface area contributed by atoms with Gasteiger partial charge in [0, 0.05) is 24.8 Å². The summed E-state index contributed by atoms with van der Waals surface area (Å²) in [6.45, 7) is 3.26. The van der Waals surface area contributed by atoms with E-state index in [0.29, 0.717) is 0 Å². The molecule has 0 spiro atoms. The van der Waals surface area contributed by atoms with Crippen molar-refractivity contribution in [2.45, 2.75) is 31.1 Å². The quantitative estimate of drug-likeness (QED) is 0.675. The fraction of sp³-hybridized carbons (Fsp3) is 0.381. The number of sulfonamides is 1. The number of nitrogens with zero attached hydrogens (tertiary/aromatic N) is 3. The number of benzene rings is 1. The third-order valence-corrected chi connectivity index (χ3v) is 8.01. The van der Waals surface area contributed by atoms with Crippen LogP contribution in [0.15, 0.2) is 41.5 Å². The van der Waals surface area contributed by atoms with E-state index < -0.39 is 38.9 Å². The van der Waals surface area contributed by atoms with Crippen molar-refractivity contribution >= 4 is 27.5 Å². The van der Waals surface area contributed by atoms with Crippen LogP contribution in [0.4, 0.5) is 14.5 Å². The van der Waals surface area contributed by atoms with Crippen LogP contribution in [0, 0.1) is 5.82 Å². The molecule has 1 amide bonds. The number of alkyl halides is 1. The Morgan fingerprint density at radius 3 is 2.58 bits per heavy atom. The maximum atomic E-state index is 14.9. The number of nitrogens with two attached hydrogens (primary N) is 1. The highest BCUT2D eigenvalue weighted by Crippen LogP contribution is 2.36. The second-order valence-electron chi connectivity index (χ2n) is 8.32. The zero-order chi connectivity index (χ0) is 24.6. The Morgan fingerprint density at radius 1 is 1.27 bits per heavy atom. The number of likely N-dealkylation sites (N-methyl/N-ethyl adjacent to an activating group) is 1. The monoisotopic (exact) mass is 481 g/mol. The summed E-state index contributed by atoms with van der Waals surface area (Å²) in [6.07, 6.45) is 1.20. The summed E-state index contributed by atoms with van der Waals surface area (Å²) in [4.78, 5) is 20.9. The van der Waals surface area contributed by atoms with Crippen LogP contribution in [0.5, 0.6) is 5.75 Å². The van der Waals surface area contributed by atoms with Crippen LogP contribution in [-0.2, 0) is 15.6 Å². The molecule has 12 heteroatoms. The first-order valence-electron chi connectivity index (χ1n) is 9.90. The molecule has 2 heterocycles. The predicted molar refractivity (Wildman–Crippen MR) is 120 cm³/mol. The lowest BCUT2D eigenvalue weighted by atomic mass is 9.91. The Kier molecular flexibility index (Phi) is 6.44. The van der Waals surface area contributed by atoms with E-state index in [1.807, 2.05) is 0 Å². The number of halogens is 2. The number of carbonyl (C=O) groups is 1. The van der Waals surface area contributed by atoms with Crippen molar-refractivity contribution < 1.29 is 26.7 Å². The molecular formula is C21H25F2N5O4S. The molecule has 0 aliphatic carbocycles. The molecule has 9 nitrogen and oxygen atoms in total. The van der Waals surface area contributed by atoms with E-state index in [0.717, 1.165) is 10.4 Å². The van der Waals surface area contributed by atoms with E-state index in [1.54, 1.807) is 6.92 Å². The summed E-state index contributed by atoms with van der Waals surface area (Å²) in [7, 11) is -2.46. The minimum Gasteiger partial charge on any atom is -0.461 e. The first kappa shape index (κ1) is 24.5. The average Bonchev–Trinajstić information content (AvgIpc) is 2.79. The number of hydrogen-bond acceptors (Lipinski definition) is 7. The molecule has 1 aliphatic heterocycles. The minimum absolute atomic E-state index is 0.0302. The third-order valence-electron chi connectivity index (χ3n) is 5.56. The zero-order valence-electron chi connectivity index (χ0n) is 18.6. The van der Waals surface area contributed by atoms with Crippen molar-refractivity contribution in [3.63, 3.8) is 0 Å². The Hall–Kier alpha value is -3.12. The first-order valence-corrected chi connectivity index (χ1v) is 11.3. The van der Waals surface area contributed by atoms with E-state index in [1.165, 1.54) is 51.4 Å². The van der Waals surface area contributed by atoms with Gasteiger partial charge in [-0.05, 0) is 51.1 Å². The number of hydrogen-bond donors (Lipinski definition) is 2. The fourth-order valence-corrected chi connectivity index (χ4v) is 5.01. The van der Waals surface area contributed by atoms with Crippen LogP contribution in [-0.4, -0.2) is 54.6 Å². The lowest BCUT2D eigenvalue weighted by molar-refractivity contribution is 0.102. The van der Waals surface area contributed by atoms with Crippen LogP contribution in [0.2, 0.25) is 0 Å². The number of carbonyl (C=O) groups excluding carboxylic acids is 1. The highest BCUT2D eigenvalue weighted by Gasteiger charge is 2.48. The van der Waals surface area contributed by atoms with E-state index in [2.05, 4.69) is 20.0 Å². The SMILES string of the molecule is CN1CC(C)(c2cc(NC(=O)c3ccc(OCF)cn3)ccc2F)N=C(N)C(C)(C)S1(=O)=O. The summed E-state index contributed by atoms with van der Waals surface area (Å²) in [5.74, 6) is -1.21. The van der Waals surface area contributed by atoms with Gasteiger partial charge in [0.2, 0.25) is 16.9 Å². The Balaban J connectivity index is 1.95. The van der Waals surface area contributed by atoms with Crippen LogP contribution in [0.1, 0.15) is 36.8 Å². The lowest BCUT2D eigenvalue weighted by Crippen LogP contribution is -2.50. The van der Waals surface area contributed by atoms with Crippen LogP contribution >= 0.6 is 0 Å². The minimum atomic E-state index is -3.85. The van der Waals surface area contributed by atoms with Gasteiger partial charge < -0.3 is 15.8 Å². The Morgan fingerprint density at radius 2 is 1.97 bits per heavy atom. The third kappa shape index (κ3) is 4.53. The van der Waals surface area contributed by atoms with Crippen molar-refractivity contribution in [3.8, 4) is 5.75 Å². The summed E-state index contributed by atoms with van der Waals surface area (Å²) >= 11 is 0. The number of aliphatic imine (C=N–C) groups is 1. The molecule has 1 aliphatic rings. The van der Waals surface area contributed by atoms with Gasteiger partial charge >= 0.3 is 0 Å². The maximum Gasteiger partial charge on any atom is 0.274 e. The molecule has 3 rings (SSSR count). The van der Waals surface area contributed by atoms with Crippen molar-refractivity contribution in [3.05, 3.63) is 53.6 Å². The molecule has 2 aromatic rings. The van der Waals surface area contributed by atoms with E-state index in [-0.39, 0.29) is 35.1 Å². The second-order valence-corrected chi connectivity index (χ2v) is 10.9. The van der Waals surface area contributed by atoms with Crippen molar-refractivity contribution in [1.82, 2.24) is 9.29 Å². The van der Waals surface area contributed by atoms with Crippen molar-refractivity contribution in [2.75, 3.05) is 25.8 Å². The summed E-state index contributed by atoms with van der Waals surface area (Å²) in [5, 5.41) is 2.61. The Bertz CT molecular complexity index is 1200. The van der Waals surface area contributed by atoms with Gasteiger partial charge in [-0.2, -0.15) is 0 Å². The number of amidine groups is 1. The van der Waals surface area contributed by atoms with Crippen LogP contribution in [0.3, 0.4) is 0 Å². The summed E-state index contributed by atoms with van der Waals surface area (Å²) < 4.78 is 57.2. The molecule has 1 atom stereocenters. The summed E-state index contributed by atoms with van der Waals surface area (Å²) in [5.41, 5.74) is 5.03. The number of ether oxygens (including phenoxy) is 1. The molecule has 3 N–H and O–H groups in total. The smallest absolute Gasteiger partial charge is 0.274 e. The zero-order valence-corrected chi connectivity index (χ0v) is 19.4. The number of rotatable bonds is 5. The average molecular weight is 482 g/mol. The van der Waals surface area contributed by atoms with Crippen molar-refractivity contribution in [2.24, 2.45) is 10.7 Å². The van der Waals surface area contributed by atoms with E-state index in [4.69, 9.17) is 5.73 Å². The summed E-state index contributed by atoms with van der Waals surface area (Å²) in [6, 6.07) is 6.63. The van der Waals surface area contributed by atoms with Gasteiger partial charge in [0.15, 0.2) is 0 Å². The van der Waals surface area contributed by atoms with Gasteiger partial charge in [0.1, 0.15) is 33.4 Å². The first-order chi connectivity index (χ1) is 15.3. The van der Waals surface area contributed by atoms with Crippen molar-refractivity contribution in [1.29, 1.82) is 0 Å². The highest BCUT2D eigenvalue weighted by atomic mass is 32.2. The number of anilines is 1. The standard InChI is InChI=1S/C21H25F2N5O4S/c1-20(2)19(24)27-21(3,11-28(4)33(20,30)31)15-9-13(5-7-16(15)23)26-18(29)17-8-6-14(10-25-17)32-12-22/h5-10H,11-12H2,1-4H3,(H2,24,27)(H,26,29). The van der Waals surface area contributed by atoms with Gasteiger partial charge in [0.05, 0.1) is 6.20 Å². The van der Waals surface area contributed by atoms with Gasteiger partial charge in [0.25, 0.3) is 5.91 Å². The molecule has 178 valence electrons. The fourth-order valence-electron chi connectivity index (χ4n) is 3.50. The number of amides is 1. The highest BCUT2D eigenvalue weighted by molar-refractivity contribution is 7.91. The van der Waals surface area contributed by atoms with Crippen LogP contribution in [0.25, 0.3) is 0 Å². The number of aromatic nitrogens is 1. The van der Waals surface area contributed by atoms with E-state index in [9.17, 15) is 22.0 Å². The van der Waals surface area contributed by atoms with Gasteiger partial charge in [-0.15, -0.1) is 0 Å². The number of pyridine rings is 1. The molecule has 0 saturated carbocycles. The van der Waals surface area contributed by atoms with Crippen LogP contribution < -0.4 is 15.8 Å². The molecule has 0 bridgehead atoms. The topological polar surface area (TPSA) is 127 Å². The largest absolute Gasteiger partial charge is 0.461 e. The predicted octanol–water partition coefficient (Wildman–Crippen LogP) is 2.41. The van der Waals surface area contributed by atoms with E-state index >= 15 is 0 Å². The molecular weight excluding hydrogens is 456 g/mol. The maximum absolute atomic E-state index is 14.9. The lowest BCUT2D eigenvalue weighted by Gasteiger charge is -2.29. The molecule has 0 saturated heterocycles. The number of nitrogens with one attached hydrogen (secondary N) is 1. The molecule has 33 heavy (non-hydrogen) atoms. The van der Waals surface area contributed by atoms with Gasteiger partial charge in [-0.3, -0.25) is 9.79 Å². The van der Waals surface area contributed by atoms with Gasteiger partial charge in [-0.25, -0.2) is 26.5 Å². The van der Waals surface area contributed by atoms with Gasteiger partial charge in [-0.1, -0.05) is 0 Å². The Labute approximate surface area is 190 Å². The molecule has 0 fully saturated rings. The normalized spacial score (nSPS) is 22.2. The molecule has 1 aromatic heterocycles. The molecule has 1 unspecified atom stereocenters. The molecule has 1 aromatic carbocycles. The second kappa shape index (κ2) is 8.67. The molecule has 0 radical (unpaired) electrons.